The van der Waals surface area contributed by atoms with Crippen LogP contribution in [0.3, 0.4) is 0 Å². The zero-order chi connectivity index (χ0) is 11.0. The Balaban J connectivity index is 2.08. The maximum Gasteiger partial charge on any atom is 0.123 e. The minimum absolute atomic E-state index is 0.286. The van der Waals surface area contributed by atoms with Crippen molar-refractivity contribution in [3.05, 3.63) is 47.0 Å². The molecule has 1 unspecified atom stereocenters. The number of nitrogens with one attached hydrogen (secondary N) is 1. The number of aromatic amines is 1. The molecule has 2 heterocycles. The summed E-state index contributed by atoms with van der Waals surface area (Å²) in [6.07, 6.45) is 4.58. The van der Waals surface area contributed by atoms with E-state index in [4.69, 9.17) is 16.3 Å². The molecule has 1 aromatic heterocycles. The Bertz CT molecular complexity index is 496. The number of rotatable bonds is 1. The van der Waals surface area contributed by atoms with E-state index in [0.29, 0.717) is 0 Å². The Labute approximate surface area is 98.4 Å². The highest BCUT2D eigenvalue weighted by molar-refractivity contribution is 6.30. The van der Waals surface area contributed by atoms with E-state index in [-0.39, 0.29) is 5.92 Å². The molecule has 0 fully saturated rings. The summed E-state index contributed by atoms with van der Waals surface area (Å²) in [6.45, 7) is 0.728. The Morgan fingerprint density at radius 1 is 1.44 bits per heavy atom. The van der Waals surface area contributed by atoms with Gasteiger partial charge in [0.15, 0.2) is 0 Å². The van der Waals surface area contributed by atoms with Gasteiger partial charge < -0.3 is 9.72 Å². The smallest absolute Gasteiger partial charge is 0.123 e. The average Bonchev–Trinajstić information content (AvgIpc) is 2.81. The van der Waals surface area contributed by atoms with Gasteiger partial charge in [-0.3, -0.25) is 0 Å². The van der Waals surface area contributed by atoms with Crippen LogP contribution in [0.1, 0.15) is 23.6 Å². The molecule has 16 heavy (non-hydrogen) atoms. The molecule has 0 radical (unpaired) electrons. The summed E-state index contributed by atoms with van der Waals surface area (Å²) in [5.41, 5.74) is 2.18. The minimum Gasteiger partial charge on any atom is -0.493 e. The number of fused-ring (bicyclic) bond motifs is 1. The number of H-pyrrole nitrogens is 1. The Kier molecular flexibility index (Phi) is 2.33. The van der Waals surface area contributed by atoms with Gasteiger partial charge in [-0.25, -0.2) is 4.98 Å². The SMILES string of the molecule is Clc1ccc2c(c1)C(c1c[nH]cn1)CCO2. The van der Waals surface area contributed by atoms with Crippen LogP contribution in [0.2, 0.25) is 5.02 Å². The molecule has 0 amide bonds. The summed E-state index contributed by atoms with van der Waals surface area (Å²) in [4.78, 5) is 7.30. The van der Waals surface area contributed by atoms with E-state index in [1.165, 1.54) is 0 Å². The molecule has 1 aromatic carbocycles. The van der Waals surface area contributed by atoms with Gasteiger partial charge in [-0.15, -0.1) is 0 Å². The van der Waals surface area contributed by atoms with Crippen LogP contribution in [0.25, 0.3) is 0 Å². The van der Waals surface area contributed by atoms with Crippen LogP contribution in [0, 0.1) is 0 Å². The number of aromatic nitrogens is 2. The number of halogens is 1. The van der Waals surface area contributed by atoms with Gasteiger partial charge in [-0.05, 0) is 24.6 Å². The summed E-state index contributed by atoms with van der Waals surface area (Å²) in [7, 11) is 0. The van der Waals surface area contributed by atoms with Gasteiger partial charge in [-0.1, -0.05) is 11.6 Å². The molecule has 0 spiro atoms. The molecule has 1 aliphatic rings. The fourth-order valence-corrected chi connectivity index (χ4v) is 2.32. The van der Waals surface area contributed by atoms with E-state index in [1.807, 2.05) is 24.4 Å². The molecule has 0 aliphatic carbocycles. The largest absolute Gasteiger partial charge is 0.493 e. The monoisotopic (exact) mass is 234 g/mol. The number of hydrogen-bond donors (Lipinski definition) is 1. The van der Waals surface area contributed by atoms with Gasteiger partial charge in [0, 0.05) is 22.7 Å². The molecule has 2 aromatic rings. The maximum absolute atomic E-state index is 6.02. The molecule has 0 saturated heterocycles. The van der Waals surface area contributed by atoms with Gasteiger partial charge in [0.2, 0.25) is 0 Å². The van der Waals surface area contributed by atoms with Gasteiger partial charge in [0.1, 0.15) is 5.75 Å². The number of nitrogens with zero attached hydrogens (tertiary/aromatic N) is 1. The molecule has 1 atom stereocenters. The Morgan fingerprint density at radius 2 is 2.38 bits per heavy atom. The number of hydrogen-bond acceptors (Lipinski definition) is 2. The summed E-state index contributed by atoms with van der Waals surface area (Å²) < 4.78 is 5.61. The van der Waals surface area contributed by atoms with Crippen molar-refractivity contribution in [2.45, 2.75) is 12.3 Å². The van der Waals surface area contributed by atoms with Crippen molar-refractivity contribution < 1.29 is 4.74 Å². The lowest BCUT2D eigenvalue weighted by Gasteiger charge is -2.24. The van der Waals surface area contributed by atoms with Crippen molar-refractivity contribution in [2.75, 3.05) is 6.61 Å². The molecular weight excluding hydrogens is 224 g/mol. The van der Waals surface area contributed by atoms with Crippen molar-refractivity contribution >= 4 is 11.6 Å². The number of imidazole rings is 1. The van der Waals surface area contributed by atoms with E-state index < -0.39 is 0 Å². The fourth-order valence-electron chi connectivity index (χ4n) is 2.13. The second-order valence-electron chi connectivity index (χ2n) is 3.87. The summed E-state index contributed by atoms with van der Waals surface area (Å²) in [5.74, 6) is 1.21. The summed E-state index contributed by atoms with van der Waals surface area (Å²) in [5, 5.41) is 0.741. The quantitative estimate of drug-likeness (QED) is 0.824. The molecule has 1 N–H and O–H groups in total. The lowest BCUT2D eigenvalue weighted by molar-refractivity contribution is 0.276. The van der Waals surface area contributed by atoms with Gasteiger partial charge >= 0.3 is 0 Å². The molecule has 0 saturated carbocycles. The average molecular weight is 235 g/mol. The van der Waals surface area contributed by atoms with Crippen molar-refractivity contribution in [1.82, 2.24) is 9.97 Å². The van der Waals surface area contributed by atoms with E-state index in [0.717, 1.165) is 35.1 Å². The normalized spacial score (nSPS) is 18.9. The zero-order valence-electron chi connectivity index (χ0n) is 8.61. The Hall–Kier alpha value is -1.48. The van der Waals surface area contributed by atoms with Crippen LogP contribution in [0.15, 0.2) is 30.7 Å². The minimum atomic E-state index is 0.286. The van der Waals surface area contributed by atoms with E-state index in [1.54, 1.807) is 6.33 Å². The second kappa shape index (κ2) is 3.83. The van der Waals surface area contributed by atoms with Crippen molar-refractivity contribution in [3.63, 3.8) is 0 Å². The molecule has 3 rings (SSSR count). The van der Waals surface area contributed by atoms with Gasteiger partial charge in [0.25, 0.3) is 0 Å². The van der Waals surface area contributed by atoms with Crippen LogP contribution < -0.4 is 4.74 Å². The molecule has 4 heteroatoms. The molecule has 1 aliphatic heterocycles. The third-order valence-electron chi connectivity index (χ3n) is 2.89. The first kappa shape index (κ1) is 9.73. The first-order chi connectivity index (χ1) is 7.84. The predicted octanol–water partition coefficient (Wildman–Crippen LogP) is 2.98. The van der Waals surface area contributed by atoms with Gasteiger partial charge in [-0.2, -0.15) is 0 Å². The summed E-state index contributed by atoms with van der Waals surface area (Å²) in [6, 6.07) is 5.75. The van der Waals surface area contributed by atoms with Crippen LogP contribution in [0.4, 0.5) is 0 Å². The number of benzene rings is 1. The summed E-state index contributed by atoms with van der Waals surface area (Å²) >= 11 is 6.02. The molecule has 0 bridgehead atoms. The standard InChI is InChI=1S/C12H11ClN2O/c13-8-1-2-12-10(5-8)9(3-4-16-12)11-6-14-7-15-11/h1-2,5-7,9H,3-4H2,(H,14,15). The lowest BCUT2D eigenvalue weighted by Crippen LogP contribution is -2.15. The van der Waals surface area contributed by atoms with Crippen molar-refractivity contribution in [1.29, 1.82) is 0 Å². The van der Waals surface area contributed by atoms with E-state index in [2.05, 4.69) is 9.97 Å². The predicted molar refractivity (Wildman–Crippen MR) is 62.0 cm³/mol. The van der Waals surface area contributed by atoms with Crippen LogP contribution >= 0.6 is 11.6 Å². The highest BCUT2D eigenvalue weighted by atomic mass is 35.5. The van der Waals surface area contributed by atoms with Gasteiger partial charge in [0.05, 0.1) is 18.6 Å². The van der Waals surface area contributed by atoms with E-state index >= 15 is 0 Å². The zero-order valence-corrected chi connectivity index (χ0v) is 9.37. The molecule has 3 nitrogen and oxygen atoms in total. The first-order valence-corrected chi connectivity index (χ1v) is 5.63. The highest BCUT2D eigenvalue weighted by Crippen LogP contribution is 2.38. The topological polar surface area (TPSA) is 37.9 Å². The maximum atomic E-state index is 6.02. The fraction of sp³-hybridized carbons (Fsp3) is 0.250. The third kappa shape index (κ3) is 1.57. The third-order valence-corrected chi connectivity index (χ3v) is 3.12. The van der Waals surface area contributed by atoms with E-state index in [9.17, 15) is 0 Å². The molecular formula is C12H11ClN2O. The van der Waals surface area contributed by atoms with Crippen molar-refractivity contribution in [3.8, 4) is 5.75 Å². The van der Waals surface area contributed by atoms with Crippen LogP contribution in [-0.4, -0.2) is 16.6 Å². The van der Waals surface area contributed by atoms with Crippen LogP contribution in [-0.2, 0) is 0 Å². The van der Waals surface area contributed by atoms with Crippen molar-refractivity contribution in [2.24, 2.45) is 0 Å². The highest BCUT2D eigenvalue weighted by Gasteiger charge is 2.24. The second-order valence-corrected chi connectivity index (χ2v) is 4.30. The lowest BCUT2D eigenvalue weighted by atomic mass is 9.91. The molecule has 82 valence electrons. The first-order valence-electron chi connectivity index (χ1n) is 5.25. The van der Waals surface area contributed by atoms with Crippen LogP contribution in [0.5, 0.6) is 5.75 Å². The number of ether oxygens (including phenoxy) is 1. The Morgan fingerprint density at radius 3 is 3.19 bits per heavy atom.